The summed E-state index contributed by atoms with van der Waals surface area (Å²) in [4.78, 5) is 20.0. The lowest BCUT2D eigenvalue weighted by molar-refractivity contribution is 0.101. The van der Waals surface area contributed by atoms with Gasteiger partial charge in [0, 0.05) is 21.9 Å². The van der Waals surface area contributed by atoms with Crippen molar-refractivity contribution < 1.29 is 4.79 Å². The fourth-order valence-corrected chi connectivity index (χ4v) is 2.49. The molecule has 120 valence electrons. The zero-order chi connectivity index (χ0) is 16.9. The van der Waals surface area contributed by atoms with Gasteiger partial charge in [-0.2, -0.15) is 4.98 Å². The van der Waals surface area contributed by atoms with Crippen LogP contribution in [-0.2, 0) is 0 Å². The summed E-state index contributed by atoms with van der Waals surface area (Å²) in [5, 5.41) is 6.37. The second-order valence-corrected chi connectivity index (χ2v) is 5.98. The number of ketones is 1. The number of Topliss-reactive ketones (excluding diaryl/α,β-unsaturated/α-hetero) is 1. The van der Waals surface area contributed by atoms with Crippen molar-refractivity contribution >= 4 is 44.9 Å². The van der Waals surface area contributed by atoms with Gasteiger partial charge in [-0.15, -0.1) is 0 Å². The molecule has 0 spiro atoms. The highest BCUT2D eigenvalue weighted by molar-refractivity contribution is 9.10. The van der Waals surface area contributed by atoms with E-state index in [1.54, 1.807) is 31.3 Å². The van der Waals surface area contributed by atoms with Crippen molar-refractivity contribution in [3.8, 4) is 0 Å². The van der Waals surface area contributed by atoms with Crippen LogP contribution in [-0.4, -0.2) is 15.8 Å². The van der Waals surface area contributed by atoms with E-state index in [1.165, 1.54) is 0 Å². The fraction of sp³-hybridized carbons (Fsp3) is 0.0556. The molecule has 0 radical (unpaired) electrons. The number of carbonyl (C=O) groups excluding carboxylic acids is 1. The summed E-state index contributed by atoms with van der Waals surface area (Å²) in [5.41, 5.74) is 2.42. The highest BCUT2D eigenvalue weighted by Gasteiger charge is 2.04. The summed E-state index contributed by atoms with van der Waals surface area (Å²) in [6, 6.07) is 16.8. The van der Waals surface area contributed by atoms with Crippen molar-refractivity contribution in [1.82, 2.24) is 9.97 Å². The van der Waals surface area contributed by atoms with Crippen molar-refractivity contribution in [1.29, 1.82) is 0 Å². The summed E-state index contributed by atoms with van der Waals surface area (Å²) in [6.45, 7) is 1.55. The molecule has 0 aliphatic heterocycles. The van der Waals surface area contributed by atoms with Crippen LogP contribution in [0, 0.1) is 0 Å². The molecule has 0 fully saturated rings. The minimum Gasteiger partial charge on any atom is -0.340 e. The minimum absolute atomic E-state index is 0.0449. The molecular weight excluding hydrogens is 368 g/mol. The molecular formula is C18H15BrN4O. The normalized spacial score (nSPS) is 10.2. The summed E-state index contributed by atoms with van der Waals surface area (Å²) < 4.78 is 0.937. The number of para-hydroxylation sites is 1. The van der Waals surface area contributed by atoms with E-state index in [9.17, 15) is 4.79 Å². The Morgan fingerprint density at radius 1 is 1.00 bits per heavy atom. The zero-order valence-electron chi connectivity index (χ0n) is 13.0. The molecule has 0 aliphatic carbocycles. The van der Waals surface area contributed by atoms with Crippen LogP contribution < -0.4 is 10.6 Å². The molecule has 3 rings (SSSR count). The Morgan fingerprint density at radius 2 is 1.75 bits per heavy atom. The van der Waals surface area contributed by atoms with Gasteiger partial charge in [0.25, 0.3) is 0 Å². The largest absolute Gasteiger partial charge is 0.340 e. The molecule has 2 N–H and O–H groups in total. The first-order chi connectivity index (χ1) is 11.6. The third-order valence-corrected chi connectivity index (χ3v) is 4.03. The molecule has 0 aliphatic rings. The van der Waals surface area contributed by atoms with E-state index in [0.29, 0.717) is 17.3 Å². The average molecular weight is 383 g/mol. The van der Waals surface area contributed by atoms with Crippen molar-refractivity contribution in [3.63, 3.8) is 0 Å². The Hall–Kier alpha value is -2.73. The van der Waals surface area contributed by atoms with Gasteiger partial charge in [-0.3, -0.25) is 4.79 Å². The molecule has 0 unspecified atom stereocenters. The molecule has 3 aromatic rings. The Kier molecular flexibility index (Phi) is 4.86. The van der Waals surface area contributed by atoms with Gasteiger partial charge in [0.15, 0.2) is 5.78 Å². The number of benzene rings is 2. The number of nitrogens with one attached hydrogen (secondary N) is 2. The summed E-state index contributed by atoms with van der Waals surface area (Å²) >= 11 is 3.48. The number of hydrogen-bond donors (Lipinski definition) is 2. The number of hydrogen-bond acceptors (Lipinski definition) is 5. The Balaban J connectivity index is 1.75. The van der Waals surface area contributed by atoms with Gasteiger partial charge in [0.05, 0.1) is 5.69 Å². The lowest BCUT2D eigenvalue weighted by atomic mass is 10.1. The average Bonchev–Trinajstić information content (AvgIpc) is 2.58. The third-order valence-electron chi connectivity index (χ3n) is 3.34. The van der Waals surface area contributed by atoms with Crippen LogP contribution >= 0.6 is 15.9 Å². The van der Waals surface area contributed by atoms with Crippen molar-refractivity contribution in [2.75, 3.05) is 10.6 Å². The molecule has 24 heavy (non-hydrogen) atoms. The number of anilines is 4. The van der Waals surface area contributed by atoms with Crippen LogP contribution in [0.25, 0.3) is 0 Å². The van der Waals surface area contributed by atoms with Gasteiger partial charge in [-0.1, -0.05) is 12.1 Å². The Morgan fingerprint density at radius 3 is 2.46 bits per heavy atom. The van der Waals surface area contributed by atoms with Gasteiger partial charge in [-0.25, -0.2) is 4.98 Å². The molecule has 0 bridgehead atoms. The maximum Gasteiger partial charge on any atom is 0.229 e. The van der Waals surface area contributed by atoms with E-state index in [1.807, 2.05) is 36.4 Å². The molecule has 0 saturated carbocycles. The summed E-state index contributed by atoms with van der Waals surface area (Å²) in [6.07, 6.45) is 1.68. The van der Waals surface area contributed by atoms with E-state index in [2.05, 4.69) is 36.5 Å². The second-order valence-electron chi connectivity index (χ2n) is 5.13. The predicted molar refractivity (Wildman–Crippen MR) is 99.2 cm³/mol. The number of halogens is 1. The van der Waals surface area contributed by atoms with E-state index in [0.717, 1.165) is 15.8 Å². The maximum atomic E-state index is 11.3. The van der Waals surface area contributed by atoms with Gasteiger partial charge in [0.1, 0.15) is 5.82 Å². The molecule has 1 aromatic heterocycles. The first-order valence-electron chi connectivity index (χ1n) is 7.34. The molecule has 6 heteroatoms. The van der Waals surface area contributed by atoms with E-state index in [-0.39, 0.29) is 5.78 Å². The van der Waals surface area contributed by atoms with E-state index < -0.39 is 0 Å². The van der Waals surface area contributed by atoms with Crippen molar-refractivity contribution in [3.05, 3.63) is 70.8 Å². The number of rotatable bonds is 5. The first kappa shape index (κ1) is 16.1. The minimum atomic E-state index is 0.0449. The topological polar surface area (TPSA) is 66.9 Å². The lowest BCUT2D eigenvalue weighted by Gasteiger charge is -2.09. The Bertz CT molecular complexity index is 865. The van der Waals surface area contributed by atoms with Crippen molar-refractivity contribution in [2.45, 2.75) is 6.92 Å². The monoisotopic (exact) mass is 382 g/mol. The van der Waals surface area contributed by atoms with Gasteiger partial charge in [-0.05, 0) is 65.3 Å². The van der Waals surface area contributed by atoms with Gasteiger partial charge >= 0.3 is 0 Å². The standard InChI is InChI=1S/C18H15BrN4O/c1-12(24)13-6-8-14(9-7-13)21-17-10-11-20-18(23-17)22-16-5-3-2-4-15(16)19/h2-11H,1H3,(H2,20,21,22,23). The van der Waals surface area contributed by atoms with Crippen LogP contribution in [0.4, 0.5) is 23.1 Å². The summed E-state index contributed by atoms with van der Waals surface area (Å²) in [5.74, 6) is 1.20. The van der Waals surface area contributed by atoms with Crippen molar-refractivity contribution in [2.24, 2.45) is 0 Å². The lowest BCUT2D eigenvalue weighted by Crippen LogP contribution is -2.01. The van der Waals surface area contributed by atoms with Crippen LogP contribution in [0.3, 0.4) is 0 Å². The van der Waals surface area contributed by atoms with Gasteiger partial charge in [0.2, 0.25) is 5.95 Å². The SMILES string of the molecule is CC(=O)c1ccc(Nc2ccnc(Nc3ccccc3Br)n2)cc1. The van der Waals surface area contributed by atoms with Gasteiger partial charge < -0.3 is 10.6 Å². The third kappa shape index (κ3) is 3.97. The van der Waals surface area contributed by atoms with E-state index in [4.69, 9.17) is 0 Å². The molecule has 0 amide bonds. The molecule has 0 atom stereocenters. The second kappa shape index (κ2) is 7.23. The number of nitrogens with zero attached hydrogens (tertiary/aromatic N) is 2. The molecule has 1 heterocycles. The molecule has 0 saturated heterocycles. The maximum absolute atomic E-state index is 11.3. The van der Waals surface area contributed by atoms with Crippen LogP contribution in [0.5, 0.6) is 0 Å². The zero-order valence-corrected chi connectivity index (χ0v) is 14.5. The number of carbonyl (C=O) groups is 1. The van der Waals surface area contributed by atoms with E-state index >= 15 is 0 Å². The smallest absolute Gasteiger partial charge is 0.229 e. The quantitative estimate of drug-likeness (QED) is 0.612. The Labute approximate surface area is 148 Å². The molecule has 2 aromatic carbocycles. The highest BCUT2D eigenvalue weighted by Crippen LogP contribution is 2.24. The van der Waals surface area contributed by atoms with Crippen LogP contribution in [0.2, 0.25) is 0 Å². The number of aromatic nitrogens is 2. The molecule has 5 nitrogen and oxygen atoms in total. The summed E-state index contributed by atoms with van der Waals surface area (Å²) in [7, 11) is 0. The van der Waals surface area contributed by atoms with Crippen LogP contribution in [0.1, 0.15) is 17.3 Å². The van der Waals surface area contributed by atoms with Crippen LogP contribution in [0.15, 0.2) is 65.3 Å². The predicted octanol–water partition coefficient (Wildman–Crippen LogP) is 4.93. The highest BCUT2D eigenvalue weighted by atomic mass is 79.9. The first-order valence-corrected chi connectivity index (χ1v) is 8.14. The fourth-order valence-electron chi connectivity index (χ4n) is 2.11.